The molecular formula is C21H20N6O3. The number of fused-ring (bicyclic) bond motifs is 1. The molecule has 9 nitrogen and oxygen atoms in total. The molecule has 0 fully saturated rings. The maximum atomic E-state index is 12.4. The van der Waals surface area contributed by atoms with Crippen LogP contribution in [0.15, 0.2) is 71.8 Å². The second-order valence-corrected chi connectivity index (χ2v) is 6.55. The summed E-state index contributed by atoms with van der Waals surface area (Å²) in [5, 5.41) is 9.90. The molecule has 0 aliphatic heterocycles. The van der Waals surface area contributed by atoms with E-state index in [1.165, 1.54) is 16.2 Å². The van der Waals surface area contributed by atoms with Crippen LogP contribution in [0, 0.1) is 0 Å². The molecular weight excluding hydrogens is 384 g/mol. The minimum atomic E-state index is -0.358. The Hall–Kier alpha value is -4.14. The number of ether oxygens (including phenoxy) is 1. The van der Waals surface area contributed by atoms with Crippen molar-refractivity contribution in [1.29, 1.82) is 0 Å². The molecule has 4 rings (SSSR count). The SMILES string of the molecule is COc1ncccc1CNC(=O)Nc1cccc(Cn2nc3ccccn3c2=O)c1. The van der Waals surface area contributed by atoms with E-state index in [9.17, 15) is 9.59 Å². The summed E-state index contributed by atoms with van der Waals surface area (Å²) in [6.07, 6.45) is 3.31. The fourth-order valence-corrected chi connectivity index (χ4v) is 3.08. The van der Waals surface area contributed by atoms with Crippen LogP contribution in [-0.4, -0.2) is 32.3 Å². The van der Waals surface area contributed by atoms with Gasteiger partial charge in [0.2, 0.25) is 5.88 Å². The molecule has 9 heteroatoms. The predicted octanol–water partition coefficient (Wildman–Crippen LogP) is 2.27. The predicted molar refractivity (Wildman–Crippen MR) is 112 cm³/mol. The molecule has 0 aliphatic carbocycles. The van der Waals surface area contributed by atoms with E-state index in [-0.39, 0.29) is 18.3 Å². The molecule has 30 heavy (non-hydrogen) atoms. The zero-order chi connectivity index (χ0) is 20.9. The number of carbonyl (C=O) groups is 1. The lowest BCUT2D eigenvalue weighted by atomic mass is 10.2. The third-order valence-electron chi connectivity index (χ3n) is 4.49. The Bertz CT molecular complexity index is 1250. The molecule has 4 aromatic rings. The van der Waals surface area contributed by atoms with Gasteiger partial charge in [-0.3, -0.25) is 4.40 Å². The Morgan fingerprint density at radius 2 is 2.03 bits per heavy atom. The Labute approximate surface area is 171 Å². The third kappa shape index (κ3) is 4.14. The van der Waals surface area contributed by atoms with E-state index in [0.717, 1.165) is 11.1 Å². The second-order valence-electron chi connectivity index (χ2n) is 6.55. The van der Waals surface area contributed by atoms with Crippen LogP contribution in [0.1, 0.15) is 11.1 Å². The van der Waals surface area contributed by atoms with Crippen molar-refractivity contribution in [1.82, 2.24) is 24.5 Å². The van der Waals surface area contributed by atoms with Crippen LogP contribution < -0.4 is 21.1 Å². The first-order valence-corrected chi connectivity index (χ1v) is 9.30. The van der Waals surface area contributed by atoms with Gasteiger partial charge < -0.3 is 15.4 Å². The number of pyridine rings is 2. The monoisotopic (exact) mass is 404 g/mol. The number of anilines is 1. The highest BCUT2D eigenvalue weighted by atomic mass is 16.5. The van der Waals surface area contributed by atoms with E-state index < -0.39 is 0 Å². The van der Waals surface area contributed by atoms with Gasteiger partial charge in [-0.1, -0.05) is 24.3 Å². The highest BCUT2D eigenvalue weighted by Gasteiger charge is 2.09. The van der Waals surface area contributed by atoms with E-state index in [2.05, 4.69) is 20.7 Å². The van der Waals surface area contributed by atoms with Gasteiger partial charge in [0, 0.05) is 30.2 Å². The van der Waals surface area contributed by atoms with E-state index in [4.69, 9.17) is 4.74 Å². The number of rotatable bonds is 6. The van der Waals surface area contributed by atoms with Crippen molar-refractivity contribution >= 4 is 17.4 Å². The number of carbonyl (C=O) groups excluding carboxylic acids is 1. The van der Waals surface area contributed by atoms with E-state index in [1.807, 2.05) is 24.3 Å². The molecule has 0 unspecified atom stereocenters. The fraction of sp³-hybridized carbons (Fsp3) is 0.143. The number of amides is 2. The van der Waals surface area contributed by atoms with Gasteiger partial charge in [-0.05, 0) is 35.9 Å². The maximum absolute atomic E-state index is 12.4. The van der Waals surface area contributed by atoms with Crippen molar-refractivity contribution in [3.8, 4) is 5.88 Å². The standard InChI is InChI=1S/C21H20N6O3/c1-30-19-16(7-5-10-22-19)13-23-20(28)24-17-8-4-6-15(12-17)14-27-21(29)26-11-3-2-9-18(26)25-27/h2-12H,13-14H2,1H3,(H2,23,24,28). The van der Waals surface area contributed by atoms with Gasteiger partial charge in [0.15, 0.2) is 5.65 Å². The lowest BCUT2D eigenvalue weighted by molar-refractivity contribution is 0.251. The molecule has 1 aromatic carbocycles. The van der Waals surface area contributed by atoms with Gasteiger partial charge in [-0.15, -0.1) is 5.10 Å². The topological polar surface area (TPSA) is 103 Å². The van der Waals surface area contributed by atoms with Crippen LogP contribution in [0.4, 0.5) is 10.5 Å². The fourth-order valence-electron chi connectivity index (χ4n) is 3.08. The molecule has 2 N–H and O–H groups in total. The van der Waals surface area contributed by atoms with Crippen LogP contribution in [0.3, 0.4) is 0 Å². The van der Waals surface area contributed by atoms with Crippen molar-refractivity contribution in [3.63, 3.8) is 0 Å². The van der Waals surface area contributed by atoms with E-state index in [1.54, 1.807) is 42.7 Å². The summed E-state index contributed by atoms with van der Waals surface area (Å²) < 4.78 is 8.06. The number of benzene rings is 1. The van der Waals surface area contributed by atoms with Crippen molar-refractivity contribution in [2.24, 2.45) is 0 Å². The summed E-state index contributed by atoms with van der Waals surface area (Å²) in [5.41, 5.74) is 2.59. The van der Waals surface area contributed by atoms with Crippen molar-refractivity contribution < 1.29 is 9.53 Å². The number of hydrogen-bond donors (Lipinski definition) is 2. The quantitative estimate of drug-likeness (QED) is 0.513. The Kier molecular flexibility index (Phi) is 5.42. The molecule has 0 saturated carbocycles. The molecule has 3 heterocycles. The number of methoxy groups -OCH3 is 1. The average molecular weight is 404 g/mol. The number of nitrogens with one attached hydrogen (secondary N) is 2. The van der Waals surface area contributed by atoms with Gasteiger partial charge in [-0.2, -0.15) is 0 Å². The van der Waals surface area contributed by atoms with E-state index >= 15 is 0 Å². The molecule has 0 bridgehead atoms. The summed E-state index contributed by atoms with van der Waals surface area (Å²) in [5.74, 6) is 0.470. The molecule has 152 valence electrons. The number of nitrogens with zero attached hydrogens (tertiary/aromatic N) is 4. The Balaban J connectivity index is 1.42. The highest BCUT2D eigenvalue weighted by Crippen LogP contribution is 2.14. The maximum Gasteiger partial charge on any atom is 0.350 e. The first-order valence-electron chi connectivity index (χ1n) is 9.30. The first kappa shape index (κ1) is 19.2. The zero-order valence-corrected chi connectivity index (χ0v) is 16.3. The van der Waals surface area contributed by atoms with Crippen LogP contribution in [-0.2, 0) is 13.1 Å². The van der Waals surface area contributed by atoms with Gasteiger partial charge in [-0.25, -0.2) is 19.3 Å². The van der Waals surface area contributed by atoms with Crippen LogP contribution in [0.25, 0.3) is 5.65 Å². The molecule has 0 aliphatic rings. The number of urea groups is 1. The van der Waals surface area contributed by atoms with Gasteiger partial charge in [0.05, 0.1) is 13.7 Å². The normalized spacial score (nSPS) is 10.7. The second kappa shape index (κ2) is 8.48. The van der Waals surface area contributed by atoms with Crippen molar-refractivity contribution in [3.05, 3.63) is 88.6 Å². The van der Waals surface area contributed by atoms with Crippen LogP contribution in [0.5, 0.6) is 5.88 Å². The summed E-state index contributed by atoms with van der Waals surface area (Å²) in [6, 6.07) is 15.9. The van der Waals surface area contributed by atoms with Crippen molar-refractivity contribution in [2.75, 3.05) is 12.4 Å². The minimum Gasteiger partial charge on any atom is -0.481 e. The van der Waals surface area contributed by atoms with Crippen LogP contribution >= 0.6 is 0 Å². The lowest BCUT2D eigenvalue weighted by Gasteiger charge is -2.10. The summed E-state index contributed by atoms with van der Waals surface area (Å²) in [7, 11) is 1.53. The molecule has 0 atom stereocenters. The Morgan fingerprint density at radius 3 is 2.87 bits per heavy atom. The Morgan fingerprint density at radius 1 is 1.13 bits per heavy atom. The molecule has 0 radical (unpaired) electrons. The highest BCUT2D eigenvalue weighted by molar-refractivity contribution is 5.89. The molecule has 0 saturated heterocycles. The average Bonchev–Trinajstić information content (AvgIpc) is 3.08. The number of aromatic nitrogens is 4. The molecule has 3 aromatic heterocycles. The first-order chi connectivity index (χ1) is 14.6. The van der Waals surface area contributed by atoms with Crippen molar-refractivity contribution in [2.45, 2.75) is 13.1 Å². The van der Waals surface area contributed by atoms with Gasteiger partial charge in [0.25, 0.3) is 0 Å². The third-order valence-corrected chi connectivity index (χ3v) is 4.49. The zero-order valence-electron chi connectivity index (χ0n) is 16.3. The summed E-state index contributed by atoms with van der Waals surface area (Å²) >= 11 is 0. The van der Waals surface area contributed by atoms with Crippen LogP contribution in [0.2, 0.25) is 0 Å². The lowest BCUT2D eigenvalue weighted by Crippen LogP contribution is -2.28. The smallest absolute Gasteiger partial charge is 0.350 e. The molecule has 0 spiro atoms. The number of hydrogen-bond acceptors (Lipinski definition) is 5. The van der Waals surface area contributed by atoms with E-state index in [0.29, 0.717) is 23.8 Å². The molecule has 2 amide bonds. The van der Waals surface area contributed by atoms with Gasteiger partial charge >= 0.3 is 11.7 Å². The summed E-state index contributed by atoms with van der Waals surface area (Å²) in [4.78, 5) is 28.8. The largest absolute Gasteiger partial charge is 0.481 e. The van der Waals surface area contributed by atoms with Gasteiger partial charge in [0.1, 0.15) is 0 Å². The minimum absolute atomic E-state index is 0.216. The summed E-state index contributed by atoms with van der Waals surface area (Å²) in [6.45, 7) is 0.573.